The van der Waals surface area contributed by atoms with E-state index in [0.29, 0.717) is 0 Å². The van der Waals surface area contributed by atoms with Crippen LogP contribution in [-0.4, -0.2) is 11.9 Å². The molecule has 0 aromatic rings. The van der Waals surface area contributed by atoms with Crippen molar-refractivity contribution in [1.82, 2.24) is 0 Å². The summed E-state index contributed by atoms with van der Waals surface area (Å²) in [6, 6.07) is 0. The average molecular weight is 237 g/mol. The molecule has 0 aromatic heterocycles. The topological polar surface area (TPSA) is 12.4 Å². The van der Waals surface area contributed by atoms with Crippen molar-refractivity contribution in [3.8, 4) is 0 Å². The van der Waals surface area contributed by atoms with Crippen molar-refractivity contribution in [3.05, 3.63) is 0 Å². The van der Waals surface area contributed by atoms with Crippen LogP contribution in [-0.2, 0) is 0 Å². The number of hydrogen-bond donors (Lipinski definition) is 0. The zero-order valence-electron chi connectivity index (χ0n) is 3.96. The van der Waals surface area contributed by atoms with E-state index in [-0.39, 0.29) is 0 Å². The predicted octanol–water partition coefficient (Wildman–Crippen LogP) is 2.36. The molecular formula is C3H3F3IN. The Labute approximate surface area is 58.5 Å². The van der Waals surface area contributed by atoms with Gasteiger partial charge in [-0.25, -0.2) is 3.21 Å². The van der Waals surface area contributed by atoms with Crippen molar-refractivity contribution in [2.45, 2.75) is 13.1 Å². The normalized spacial score (nSPS) is 14.4. The highest BCUT2D eigenvalue weighted by Crippen LogP contribution is 2.17. The molecule has 0 fully saturated rings. The van der Waals surface area contributed by atoms with Crippen molar-refractivity contribution < 1.29 is 13.2 Å². The van der Waals surface area contributed by atoms with Crippen LogP contribution >= 0.6 is 22.9 Å². The fraction of sp³-hybridized carbons (Fsp3) is 0.667. The maximum absolute atomic E-state index is 11.3. The molecule has 0 amide bonds. The zero-order chi connectivity index (χ0) is 6.78. The molecule has 8 heavy (non-hydrogen) atoms. The molecule has 0 aliphatic carbocycles. The van der Waals surface area contributed by atoms with Crippen LogP contribution in [0.25, 0.3) is 0 Å². The first-order valence-electron chi connectivity index (χ1n) is 1.71. The minimum atomic E-state index is -4.25. The number of hydrogen-bond acceptors (Lipinski definition) is 1. The second kappa shape index (κ2) is 2.65. The zero-order valence-corrected chi connectivity index (χ0v) is 6.12. The van der Waals surface area contributed by atoms with Crippen LogP contribution in [0.2, 0.25) is 0 Å². The first kappa shape index (κ1) is 8.19. The maximum Gasteiger partial charge on any atom is 0.429 e. The summed E-state index contributed by atoms with van der Waals surface area (Å²) in [5.74, 6) is 0. The number of nitrogens with zero attached hydrogens (tertiary/aromatic N) is 1. The summed E-state index contributed by atoms with van der Waals surface area (Å²) in [5, 5.41) is 0. The van der Waals surface area contributed by atoms with Crippen molar-refractivity contribution in [1.29, 1.82) is 0 Å². The monoisotopic (exact) mass is 237 g/mol. The van der Waals surface area contributed by atoms with Gasteiger partial charge in [0.2, 0.25) is 0 Å². The number of rotatable bonds is 0. The van der Waals surface area contributed by atoms with Crippen LogP contribution in [0.5, 0.6) is 0 Å². The SMILES string of the molecule is C/C(=N\I)C(F)(F)F. The maximum atomic E-state index is 11.3. The Balaban J connectivity index is 4.03. The van der Waals surface area contributed by atoms with E-state index in [1.54, 1.807) is 0 Å². The highest BCUT2D eigenvalue weighted by Gasteiger charge is 2.31. The van der Waals surface area contributed by atoms with Gasteiger partial charge in [0.25, 0.3) is 0 Å². The standard InChI is InChI=1S/C3H3F3IN/c1-2(8-7)3(4,5)6/h1H3/b8-2+. The lowest BCUT2D eigenvalue weighted by Gasteiger charge is -2.00. The molecule has 0 N–H and O–H groups in total. The van der Waals surface area contributed by atoms with Crippen LogP contribution in [0.1, 0.15) is 6.92 Å². The number of halogens is 4. The molecule has 0 radical (unpaired) electrons. The summed E-state index contributed by atoms with van der Waals surface area (Å²) in [4.78, 5) is 0. The van der Waals surface area contributed by atoms with Gasteiger partial charge in [-0.1, -0.05) is 0 Å². The molecule has 5 heteroatoms. The average Bonchev–Trinajstić information content (AvgIpc) is 1.62. The second-order valence-electron chi connectivity index (χ2n) is 1.17. The summed E-state index contributed by atoms with van der Waals surface area (Å²) >= 11 is 1.31. The Morgan fingerprint density at radius 2 is 1.88 bits per heavy atom. The van der Waals surface area contributed by atoms with Crippen molar-refractivity contribution in [3.63, 3.8) is 0 Å². The van der Waals surface area contributed by atoms with Crippen LogP contribution in [0.4, 0.5) is 13.2 Å². The minimum Gasteiger partial charge on any atom is -0.215 e. The van der Waals surface area contributed by atoms with Crippen LogP contribution in [0, 0.1) is 0 Å². The van der Waals surface area contributed by atoms with Gasteiger partial charge in [-0.05, 0) is 6.92 Å². The lowest BCUT2D eigenvalue weighted by molar-refractivity contribution is -0.0588. The molecule has 48 valence electrons. The summed E-state index contributed by atoms with van der Waals surface area (Å²) in [6.07, 6.45) is -4.25. The van der Waals surface area contributed by atoms with Gasteiger partial charge in [0, 0.05) is 0 Å². The fourth-order valence-corrected chi connectivity index (χ4v) is 0.321. The summed E-state index contributed by atoms with van der Waals surface area (Å²) < 4.78 is 36.9. The molecule has 0 spiro atoms. The van der Waals surface area contributed by atoms with Gasteiger partial charge in [0.15, 0.2) is 0 Å². The van der Waals surface area contributed by atoms with E-state index in [9.17, 15) is 13.2 Å². The largest absolute Gasteiger partial charge is 0.429 e. The molecule has 0 heterocycles. The summed E-state index contributed by atoms with van der Waals surface area (Å²) in [6.45, 7) is 0.923. The van der Waals surface area contributed by atoms with E-state index in [2.05, 4.69) is 3.21 Å². The molecule has 0 saturated heterocycles. The lowest BCUT2D eigenvalue weighted by Crippen LogP contribution is -2.18. The Hall–Kier alpha value is 0.190. The van der Waals surface area contributed by atoms with Gasteiger partial charge in [-0.15, -0.1) is 0 Å². The highest BCUT2D eigenvalue weighted by molar-refractivity contribution is 14.1. The molecular weight excluding hydrogens is 234 g/mol. The highest BCUT2D eigenvalue weighted by atomic mass is 127. The molecule has 0 aliphatic heterocycles. The van der Waals surface area contributed by atoms with Gasteiger partial charge in [-0.3, -0.25) is 0 Å². The summed E-state index contributed by atoms with van der Waals surface area (Å²) in [7, 11) is 0. The van der Waals surface area contributed by atoms with Gasteiger partial charge < -0.3 is 0 Å². The molecule has 0 rings (SSSR count). The van der Waals surface area contributed by atoms with E-state index in [0.717, 1.165) is 6.92 Å². The van der Waals surface area contributed by atoms with Gasteiger partial charge in [0.05, 0.1) is 22.9 Å². The van der Waals surface area contributed by atoms with Gasteiger partial charge in [0.1, 0.15) is 5.71 Å². The first-order valence-corrected chi connectivity index (χ1v) is 2.67. The Morgan fingerprint density at radius 1 is 1.50 bits per heavy atom. The third kappa shape index (κ3) is 2.49. The van der Waals surface area contributed by atoms with E-state index >= 15 is 0 Å². The Kier molecular flexibility index (Phi) is 2.72. The van der Waals surface area contributed by atoms with Crippen LogP contribution in [0.3, 0.4) is 0 Å². The Morgan fingerprint density at radius 3 is 1.88 bits per heavy atom. The summed E-state index contributed by atoms with van der Waals surface area (Å²) in [5.41, 5.74) is -0.807. The van der Waals surface area contributed by atoms with Gasteiger partial charge >= 0.3 is 6.18 Å². The predicted molar refractivity (Wildman–Crippen MR) is 33.2 cm³/mol. The third-order valence-corrected chi connectivity index (χ3v) is 1.26. The van der Waals surface area contributed by atoms with Crippen LogP contribution in [0.15, 0.2) is 3.21 Å². The minimum absolute atomic E-state index is 0.807. The van der Waals surface area contributed by atoms with E-state index in [1.165, 1.54) is 22.9 Å². The molecule has 0 bridgehead atoms. The first-order chi connectivity index (χ1) is 3.48. The smallest absolute Gasteiger partial charge is 0.215 e. The van der Waals surface area contributed by atoms with E-state index < -0.39 is 11.9 Å². The Bertz CT molecular complexity index is 106. The molecule has 0 aromatic carbocycles. The lowest BCUT2D eigenvalue weighted by atomic mass is 10.4. The third-order valence-electron chi connectivity index (χ3n) is 0.537. The second-order valence-corrected chi connectivity index (χ2v) is 1.65. The molecule has 0 unspecified atom stereocenters. The van der Waals surface area contributed by atoms with E-state index in [4.69, 9.17) is 0 Å². The van der Waals surface area contributed by atoms with Crippen LogP contribution < -0.4 is 0 Å². The molecule has 0 atom stereocenters. The quantitative estimate of drug-likeness (QED) is 0.453. The molecule has 0 saturated carbocycles. The van der Waals surface area contributed by atoms with Crippen molar-refractivity contribution >= 4 is 28.6 Å². The van der Waals surface area contributed by atoms with Crippen molar-refractivity contribution in [2.24, 2.45) is 3.21 Å². The molecule has 0 aliphatic rings. The number of alkyl halides is 3. The van der Waals surface area contributed by atoms with E-state index in [1.807, 2.05) is 0 Å². The fourth-order valence-electron chi connectivity index (χ4n) is 0.0479. The van der Waals surface area contributed by atoms with Gasteiger partial charge in [-0.2, -0.15) is 13.2 Å². The van der Waals surface area contributed by atoms with Crippen molar-refractivity contribution in [2.75, 3.05) is 0 Å². The molecule has 1 nitrogen and oxygen atoms in total.